The first-order chi connectivity index (χ1) is 5.34. The zero-order chi connectivity index (χ0) is 8.10. The minimum absolute atomic E-state index is 0.0570. The van der Waals surface area contributed by atoms with Gasteiger partial charge in [0.25, 0.3) is 0 Å². The minimum Gasteiger partial charge on any atom is -0.465 e. The molecule has 1 atom stereocenters. The molecule has 11 heavy (non-hydrogen) atoms. The maximum Gasteiger partial charge on any atom is 0.310 e. The van der Waals surface area contributed by atoms with Gasteiger partial charge >= 0.3 is 5.97 Å². The van der Waals surface area contributed by atoms with E-state index in [1.807, 2.05) is 13.5 Å². The highest BCUT2D eigenvalue weighted by Gasteiger charge is 2.23. The van der Waals surface area contributed by atoms with Gasteiger partial charge in [0.1, 0.15) is 0 Å². The number of carbonyl (C=O) groups is 1. The number of nitrogens with one attached hydrogen (secondary N) is 1. The van der Waals surface area contributed by atoms with Crippen molar-refractivity contribution in [3.05, 3.63) is 6.54 Å². The van der Waals surface area contributed by atoms with Crippen LogP contribution in [0.25, 0.3) is 0 Å². The fourth-order valence-electron chi connectivity index (χ4n) is 1.03. The van der Waals surface area contributed by atoms with E-state index in [4.69, 9.17) is 4.74 Å². The summed E-state index contributed by atoms with van der Waals surface area (Å²) in [6.07, 6.45) is 1.71. The molecule has 0 aromatic heterocycles. The molecule has 0 aliphatic carbocycles. The predicted octanol–water partition coefficient (Wildman–Crippen LogP) is 0.711. The van der Waals surface area contributed by atoms with E-state index in [1.54, 1.807) is 0 Å². The molecule has 63 valence electrons. The van der Waals surface area contributed by atoms with Gasteiger partial charge in [-0.15, -0.1) is 0 Å². The Bertz CT molecular complexity index is 130. The van der Waals surface area contributed by atoms with Crippen LogP contribution >= 0.6 is 0 Å². The van der Waals surface area contributed by atoms with E-state index >= 15 is 0 Å². The van der Waals surface area contributed by atoms with Crippen molar-refractivity contribution in [1.29, 1.82) is 0 Å². The second-order valence-corrected chi connectivity index (χ2v) is 2.71. The smallest absolute Gasteiger partial charge is 0.310 e. The van der Waals surface area contributed by atoms with E-state index in [9.17, 15) is 4.79 Å². The summed E-state index contributed by atoms with van der Waals surface area (Å²) in [6.45, 7) is 5.20. The van der Waals surface area contributed by atoms with Crippen LogP contribution in [0.1, 0.15) is 19.8 Å². The summed E-state index contributed by atoms with van der Waals surface area (Å²) >= 11 is 0. The van der Waals surface area contributed by atoms with Gasteiger partial charge in [0.2, 0.25) is 0 Å². The maximum absolute atomic E-state index is 11.1. The van der Waals surface area contributed by atoms with Crippen LogP contribution in [-0.2, 0) is 9.53 Å². The van der Waals surface area contributed by atoms with Crippen LogP contribution in [0.15, 0.2) is 0 Å². The van der Waals surface area contributed by atoms with E-state index in [-0.39, 0.29) is 11.9 Å². The van der Waals surface area contributed by atoms with E-state index in [2.05, 4.69) is 5.32 Å². The summed E-state index contributed by atoms with van der Waals surface area (Å²) < 4.78 is 4.98. The van der Waals surface area contributed by atoms with Crippen molar-refractivity contribution in [2.24, 2.45) is 5.92 Å². The van der Waals surface area contributed by atoms with Crippen molar-refractivity contribution in [1.82, 2.24) is 5.32 Å². The van der Waals surface area contributed by atoms with Crippen molar-refractivity contribution in [2.75, 3.05) is 13.2 Å². The summed E-state index contributed by atoms with van der Waals surface area (Å²) in [6, 6.07) is 0. The summed E-state index contributed by atoms with van der Waals surface area (Å²) in [7, 11) is 0. The first-order valence-electron chi connectivity index (χ1n) is 4.06. The Hall–Kier alpha value is -0.570. The van der Waals surface area contributed by atoms with Gasteiger partial charge < -0.3 is 10.1 Å². The van der Waals surface area contributed by atoms with Crippen molar-refractivity contribution in [3.8, 4) is 0 Å². The van der Waals surface area contributed by atoms with Crippen LogP contribution in [0.3, 0.4) is 0 Å². The third-order valence-corrected chi connectivity index (χ3v) is 1.69. The van der Waals surface area contributed by atoms with Gasteiger partial charge in [-0.05, 0) is 12.8 Å². The summed E-state index contributed by atoms with van der Waals surface area (Å²) in [5.74, 6) is -0.00495. The fraction of sp³-hybridized carbons (Fsp3) is 0.750. The second kappa shape index (κ2) is 4.34. The van der Waals surface area contributed by atoms with Gasteiger partial charge in [-0.2, -0.15) is 0 Å². The first-order valence-corrected chi connectivity index (χ1v) is 4.06. The molecule has 1 N–H and O–H groups in total. The lowest BCUT2D eigenvalue weighted by Gasteiger charge is -2.06. The van der Waals surface area contributed by atoms with Crippen LogP contribution in [0, 0.1) is 12.5 Å². The third kappa shape index (κ3) is 2.50. The molecule has 0 spiro atoms. The molecule has 1 unspecified atom stereocenters. The lowest BCUT2D eigenvalue weighted by molar-refractivity contribution is -0.147. The van der Waals surface area contributed by atoms with Crippen molar-refractivity contribution in [2.45, 2.75) is 19.8 Å². The molecular weight excluding hydrogens is 142 g/mol. The van der Waals surface area contributed by atoms with Crippen molar-refractivity contribution in [3.63, 3.8) is 0 Å². The zero-order valence-electron chi connectivity index (χ0n) is 6.80. The molecule has 1 radical (unpaired) electrons. The van der Waals surface area contributed by atoms with Crippen LogP contribution in [0.2, 0.25) is 0 Å². The highest BCUT2D eigenvalue weighted by molar-refractivity contribution is 5.73. The second-order valence-electron chi connectivity index (χ2n) is 2.71. The fourth-order valence-corrected chi connectivity index (χ4v) is 1.03. The number of ether oxygens (including phenoxy) is 1. The Morgan fingerprint density at radius 1 is 1.82 bits per heavy atom. The van der Waals surface area contributed by atoms with E-state index in [1.165, 1.54) is 0 Å². The first kappa shape index (κ1) is 8.53. The molecule has 0 amide bonds. The molecular formula is C8H14NO2. The van der Waals surface area contributed by atoms with Gasteiger partial charge in [-0.25, -0.2) is 0 Å². The number of esters is 1. The number of hydrogen-bond donors (Lipinski definition) is 1. The SMILES string of the molecule is CCCOC(=O)C1C[CH]NC1. The summed E-state index contributed by atoms with van der Waals surface area (Å²) in [5.41, 5.74) is 0. The zero-order valence-corrected chi connectivity index (χ0v) is 6.80. The number of carbonyl (C=O) groups excluding carboxylic acids is 1. The average molecular weight is 156 g/mol. The highest BCUT2D eigenvalue weighted by atomic mass is 16.5. The molecule has 1 aliphatic rings. The predicted molar refractivity (Wildman–Crippen MR) is 41.7 cm³/mol. The van der Waals surface area contributed by atoms with Crippen LogP contribution < -0.4 is 5.32 Å². The molecule has 0 saturated carbocycles. The molecule has 3 heteroatoms. The van der Waals surface area contributed by atoms with Gasteiger partial charge in [0, 0.05) is 13.1 Å². The van der Waals surface area contributed by atoms with Gasteiger partial charge in [0.15, 0.2) is 0 Å². The molecule has 0 aromatic rings. The van der Waals surface area contributed by atoms with E-state index in [0.29, 0.717) is 6.61 Å². The Morgan fingerprint density at radius 2 is 2.64 bits per heavy atom. The Labute approximate surface area is 67.1 Å². The van der Waals surface area contributed by atoms with Crippen LogP contribution in [0.5, 0.6) is 0 Å². The van der Waals surface area contributed by atoms with Crippen molar-refractivity contribution >= 4 is 5.97 Å². The van der Waals surface area contributed by atoms with Crippen LogP contribution in [0.4, 0.5) is 0 Å². The van der Waals surface area contributed by atoms with E-state index in [0.717, 1.165) is 19.4 Å². The number of rotatable bonds is 3. The molecule has 1 heterocycles. The Morgan fingerprint density at radius 3 is 3.18 bits per heavy atom. The molecule has 0 bridgehead atoms. The Kier molecular flexibility index (Phi) is 3.36. The molecule has 3 nitrogen and oxygen atoms in total. The molecule has 1 fully saturated rings. The van der Waals surface area contributed by atoms with Gasteiger partial charge in [-0.3, -0.25) is 4.79 Å². The average Bonchev–Trinajstić information content (AvgIpc) is 2.52. The molecule has 1 rings (SSSR count). The normalized spacial score (nSPS) is 23.5. The largest absolute Gasteiger partial charge is 0.465 e. The Balaban J connectivity index is 2.17. The summed E-state index contributed by atoms with van der Waals surface area (Å²) in [5, 5.41) is 3.00. The minimum atomic E-state index is -0.0619. The number of hydrogen-bond acceptors (Lipinski definition) is 3. The molecule has 0 aromatic carbocycles. The quantitative estimate of drug-likeness (QED) is 0.611. The molecule has 1 saturated heterocycles. The van der Waals surface area contributed by atoms with Gasteiger partial charge in [0.05, 0.1) is 12.5 Å². The monoisotopic (exact) mass is 156 g/mol. The third-order valence-electron chi connectivity index (χ3n) is 1.69. The topological polar surface area (TPSA) is 38.3 Å². The molecule has 1 aliphatic heterocycles. The summed E-state index contributed by atoms with van der Waals surface area (Å²) in [4.78, 5) is 11.1. The van der Waals surface area contributed by atoms with Gasteiger partial charge in [-0.1, -0.05) is 6.92 Å². The van der Waals surface area contributed by atoms with E-state index < -0.39 is 0 Å². The maximum atomic E-state index is 11.1. The van der Waals surface area contributed by atoms with Crippen molar-refractivity contribution < 1.29 is 9.53 Å². The van der Waals surface area contributed by atoms with Crippen LogP contribution in [-0.4, -0.2) is 19.1 Å². The highest BCUT2D eigenvalue weighted by Crippen LogP contribution is 2.11. The lowest BCUT2D eigenvalue weighted by atomic mass is 10.1. The lowest BCUT2D eigenvalue weighted by Crippen LogP contribution is -2.20. The standard InChI is InChI=1S/C8H14NO2/c1-2-5-11-8(10)7-3-4-9-6-7/h4,7,9H,2-3,5-6H2,1H3.